The first-order chi connectivity index (χ1) is 21.8. The largest absolute Gasteiger partial charge is 1.00 e. The van der Waals surface area contributed by atoms with Gasteiger partial charge in [-0.3, -0.25) is 14.4 Å². The zero-order valence-electron chi connectivity index (χ0n) is 28.8. The summed E-state index contributed by atoms with van der Waals surface area (Å²) in [4.78, 5) is 36.2. The minimum Gasteiger partial charge on any atom is -0.854 e. The number of hydrogen-bond donors (Lipinski definition) is 3. The molecule has 1 atom stereocenters. The number of hydrogen-bond acceptors (Lipinski definition) is 7. The van der Waals surface area contributed by atoms with E-state index in [-0.39, 0.29) is 82.1 Å². The van der Waals surface area contributed by atoms with Crippen LogP contribution in [-0.2, 0) is 19.1 Å². The smallest absolute Gasteiger partial charge is 0.854 e. The molecule has 0 radical (unpaired) electrons. The van der Waals surface area contributed by atoms with Crippen LogP contribution < -0.4 is 72.4 Å². The summed E-state index contributed by atoms with van der Waals surface area (Å²) in [6.07, 6.45) is 31.1. The third-order valence-corrected chi connectivity index (χ3v) is 8.61. The molecule has 0 aliphatic heterocycles. The van der Waals surface area contributed by atoms with Crippen molar-refractivity contribution in [3.05, 3.63) is 72.9 Å². The Bertz CT molecular complexity index is 981. The summed E-state index contributed by atoms with van der Waals surface area (Å²) in [5.74, 6) is 0.981. The van der Waals surface area contributed by atoms with E-state index in [2.05, 4.69) is 83.6 Å². The Balaban J connectivity index is 0. The predicted octanol–water partition coefficient (Wildman–Crippen LogP) is 2.60. The molecule has 0 fully saturated rings. The maximum Gasteiger partial charge on any atom is 1.00 e. The summed E-state index contributed by atoms with van der Waals surface area (Å²) in [5.41, 5.74) is -0.826. The van der Waals surface area contributed by atoms with E-state index in [9.17, 15) is 19.5 Å². The van der Waals surface area contributed by atoms with Gasteiger partial charge in [-0.25, -0.2) is 0 Å². The van der Waals surface area contributed by atoms with Crippen molar-refractivity contribution < 1.29 is 75.6 Å². The number of ether oxygens (including phenoxy) is 1. The standard InChI is InChI=1S/C35H56N3O5S2.K/c1-5-6-7-8-9-10-11-12-13-14-15-16-17-18-19-20-21-22-23-31(40)36-26-28-44-45-29-27-37-32(41)24-25-38-34(42)33(43-4)35(2,3)30-39;/h6-7,9-10,12-13,15-16,18-19,21-22,33H,5,8,11,14,17,20,23-30H2,1-4H3,(H,36,40)(H,37,41)(H,38,42);/q-1;+1/b7-6-,10-9-,13-12-,16-15-,19-18-,22-21-;/t33-;/m0./s1. The molecule has 8 nitrogen and oxygen atoms in total. The molecule has 11 heteroatoms. The molecule has 0 saturated carbocycles. The molecule has 0 spiro atoms. The fourth-order valence-corrected chi connectivity index (χ4v) is 5.52. The Hall–Kier alpha value is -0.894. The molecular weight excluding hydrogens is 646 g/mol. The Labute approximate surface area is 329 Å². The van der Waals surface area contributed by atoms with Crippen LogP contribution in [0.2, 0.25) is 0 Å². The summed E-state index contributed by atoms with van der Waals surface area (Å²) in [6, 6.07) is 0. The average molecular weight is 702 g/mol. The summed E-state index contributed by atoms with van der Waals surface area (Å²) < 4.78 is 5.17. The minimum absolute atomic E-state index is 0. The topological polar surface area (TPSA) is 120 Å². The van der Waals surface area contributed by atoms with Gasteiger partial charge < -0.3 is 25.8 Å². The van der Waals surface area contributed by atoms with E-state index < -0.39 is 18.1 Å². The van der Waals surface area contributed by atoms with Crippen LogP contribution in [0, 0.1) is 5.41 Å². The third-order valence-electron chi connectivity index (χ3n) is 6.21. The molecule has 0 saturated heterocycles. The van der Waals surface area contributed by atoms with Crippen LogP contribution in [-0.4, -0.2) is 68.7 Å². The summed E-state index contributed by atoms with van der Waals surface area (Å²) in [5, 5.41) is 19.7. The van der Waals surface area contributed by atoms with Gasteiger partial charge in [0.15, 0.2) is 0 Å². The zero-order valence-corrected chi connectivity index (χ0v) is 33.5. The molecule has 0 heterocycles. The number of rotatable bonds is 27. The Morgan fingerprint density at radius 3 is 1.57 bits per heavy atom. The minimum atomic E-state index is -0.854. The van der Waals surface area contributed by atoms with E-state index in [1.54, 1.807) is 35.4 Å². The van der Waals surface area contributed by atoms with Gasteiger partial charge in [-0.1, -0.05) is 115 Å². The van der Waals surface area contributed by atoms with E-state index in [0.717, 1.165) is 50.0 Å². The van der Waals surface area contributed by atoms with Gasteiger partial charge in [-0.05, 0) is 43.9 Å². The van der Waals surface area contributed by atoms with Crippen LogP contribution in [0.5, 0.6) is 0 Å². The van der Waals surface area contributed by atoms with Crippen molar-refractivity contribution in [2.75, 3.05) is 44.9 Å². The number of amides is 3. The van der Waals surface area contributed by atoms with Gasteiger partial charge in [-0.15, -0.1) is 6.61 Å². The number of allylic oxidation sites excluding steroid dienone is 11. The van der Waals surface area contributed by atoms with E-state index in [4.69, 9.17) is 4.74 Å². The molecule has 0 bridgehead atoms. The Kier molecular flexibility index (Phi) is 34.9. The van der Waals surface area contributed by atoms with E-state index >= 15 is 0 Å². The molecule has 0 aromatic heterocycles. The van der Waals surface area contributed by atoms with Gasteiger partial charge in [0.05, 0.1) is 0 Å². The van der Waals surface area contributed by atoms with Crippen molar-refractivity contribution in [2.45, 2.75) is 78.2 Å². The molecule has 46 heavy (non-hydrogen) atoms. The number of methoxy groups -OCH3 is 1. The number of carbonyl (C=O) groups excluding carboxylic acids is 3. The molecule has 0 aromatic rings. The first kappa shape index (κ1) is 47.2. The molecule has 0 aliphatic rings. The Morgan fingerprint density at radius 1 is 0.696 bits per heavy atom. The quantitative estimate of drug-likeness (QED) is 0.0522. The van der Waals surface area contributed by atoms with Crippen molar-refractivity contribution in [2.24, 2.45) is 5.41 Å². The van der Waals surface area contributed by atoms with Crippen LogP contribution in [0.1, 0.15) is 72.1 Å². The molecule has 0 aliphatic carbocycles. The van der Waals surface area contributed by atoms with Crippen LogP contribution in [0.4, 0.5) is 0 Å². The van der Waals surface area contributed by atoms with Gasteiger partial charge in [-0.2, -0.15) is 0 Å². The second-order valence-electron chi connectivity index (χ2n) is 10.8. The van der Waals surface area contributed by atoms with Crippen molar-refractivity contribution in [3.8, 4) is 0 Å². The van der Waals surface area contributed by atoms with Gasteiger partial charge in [0.2, 0.25) is 17.7 Å². The van der Waals surface area contributed by atoms with Gasteiger partial charge in [0, 0.05) is 51.1 Å². The van der Waals surface area contributed by atoms with E-state index in [1.165, 1.54) is 7.11 Å². The van der Waals surface area contributed by atoms with Crippen molar-refractivity contribution >= 4 is 39.3 Å². The van der Waals surface area contributed by atoms with Crippen LogP contribution in [0.3, 0.4) is 0 Å². The average Bonchev–Trinajstić information content (AvgIpc) is 3.01. The van der Waals surface area contributed by atoms with Gasteiger partial charge >= 0.3 is 51.4 Å². The summed E-state index contributed by atoms with van der Waals surface area (Å²) >= 11 is 0. The molecule has 0 aromatic carbocycles. The predicted molar refractivity (Wildman–Crippen MR) is 191 cm³/mol. The van der Waals surface area contributed by atoms with Gasteiger partial charge in [0.1, 0.15) is 6.10 Å². The molecule has 0 unspecified atom stereocenters. The molecule has 0 rings (SSSR count). The second-order valence-corrected chi connectivity index (χ2v) is 13.5. The normalized spacial score (nSPS) is 13.0. The molecule has 3 amide bonds. The van der Waals surface area contributed by atoms with Crippen molar-refractivity contribution in [3.63, 3.8) is 0 Å². The Morgan fingerprint density at radius 2 is 1.13 bits per heavy atom. The van der Waals surface area contributed by atoms with Crippen LogP contribution in [0.25, 0.3) is 0 Å². The van der Waals surface area contributed by atoms with E-state index in [0.29, 0.717) is 19.5 Å². The SMILES string of the molecule is CC/C=C\C/C=C\C/C=C\C/C=C\C/C=C\C/C=C\CC(=O)NCCSSCCNC(=O)CCNC(=O)[C@H](OC)C(C)(C)C[O-].[K+]. The van der Waals surface area contributed by atoms with Crippen molar-refractivity contribution in [1.82, 2.24) is 16.0 Å². The summed E-state index contributed by atoms with van der Waals surface area (Å²) in [6.45, 7) is 6.35. The fourth-order valence-electron chi connectivity index (χ4n) is 3.70. The molecular formula is C35H56KN3O5S2. The van der Waals surface area contributed by atoms with Crippen LogP contribution in [0.15, 0.2) is 72.9 Å². The molecule has 3 N–H and O–H groups in total. The van der Waals surface area contributed by atoms with Gasteiger partial charge in [0.25, 0.3) is 0 Å². The number of carbonyl (C=O) groups is 3. The second kappa shape index (κ2) is 34.0. The maximum atomic E-state index is 12.2. The third kappa shape index (κ3) is 29.3. The van der Waals surface area contributed by atoms with Crippen LogP contribution >= 0.6 is 21.6 Å². The molecule has 254 valence electrons. The first-order valence-corrected chi connectivity index (χ1v) is 18.3. The summed E-state index contributed by atoms with van der Waals surface area (Å²) in [7, 11) is 4.67. The monoisotopic (exact) mass is 701 g/mol. The first-order valence-electron chi connectivity index (χ1n) is 15.8. The van der Waals surface area contributed by atoms with E-state index in [1.807, 2.05) is 12.2 Å². The van der Waals surface area contributed by atoms with Crippen molar-refractivity contribution in [1.29, 1.82) is 0 Å². The number of nitrogens with one attached hydrogen (secondary N) is 3. The fraction of sp³-hybridized carbons (Fsp3) is 0.571. The zero-order chi connectivity index (χ0) is 33.4. The maximum absolute atomic E-state index is 12.2.